The molecule has 0 aromatic carbocycles. The van der Waals surface area contributed by atoms with Crippen LogP contribution in [0.2, 0.25) is 0 Å². The van der Waals surface area contributed by atoms with Gasteiger partial charge in [-0.25, -0.2) is 4.68 Å². The Morgan fingerprint density at radius 1 is 1.33 bits per heavy atom. The first kappa shape index (κ1) is 15.0. The van der Waals surface area contributed by atoms with Crippen molar-refractivity contribution in [2.45, 2.75) is 51.1 Å². The molecule has 126 valence electrons. The largest absolute Gasteiger partial charge is 0.339 e. The van der Waals surface area contributed by atoms with Crippen molar-refractivity contribution >= 4 is 5.91 Å². The van der Waals surface area contributed by atoms with Crippen molar-refractivity contribution in [3.05, 3.63) is 39.9 Å². The first-order chi connectivity index (χ1) is 11.7. The molecule has 3 heterocycles. The van der Waals surface area contributed by atoms with Crippen LogP contribution in [0.1, 0.15) is 66.8 Å². The zero-order chi connectivity index (χ0) is 16.7. The van der Waals surface area contributed by atoms with Gasteiger partial charge in [-0.2, -0.15) is 10.1 Å². The van der Waals surface area contributed by atoms with Gasteiger partial charge in [-0.1, -0.05) is 5.16 Å². The second kappa shape index (κ2) is 5.85. The van der Waals surface area contributed by atoms with Gasteiger partial charge in [0.05, 0.1) is 6.04 Å². The molecule has 0 bridgehead atoms. The summed E-state index contributed by atoms with van der Waals surface area (Å²) < 4.78 is 6.62. The molecule has 1 saturated carbocycles. The fourth-order valence-electron chi connectivity index (χ4n) is 3.09. The van der Waals surface area contributed by atoms with Crippen molar-refractivity contribution in [3.8, 4) is 0 Å². The number of likely N-dealkylation sites (tertiary alicyclic amines) is 1. The van der Waals surface area contributed by atoms with Gasteiger partial charge in [-0.15, -0.1) is 0 Å². The lowest BCUT2D eigenvalue weighted by atomic mass is 10.2. The molecule has 1 amide bonds. The summed E-state index contributed by atoms with van der Waals surface area (Å²) in [4.78, 5) is 30.7. The number of hydrogen-bond donors (Lipinski definition) is 0. The lowest BCUT2D eigenvalue weighted by molar-refractivity contribution is 0.0719. The van der Waals surface area contributed by atoms with E-state index < -0.39 is 0 Å². The third-order valence-electron chi connectivity index (χ3n) is 4.58. The summed E-state index contributed by atoms with van der Waals surface area (Å²) in [6, 6.07) is 2.68. The van der Waals surface area contributed by atoms with E-state index in [1.807, 2.05) is 6.92 Å². The molecule has 2 aliphatic rings. The lowest BCUT2D eigenvalue weighted by Gasteiger charge is -2.21. The molecule has 2 aromatic heterocycles. The van der Waals surface area contributed by atoms with Crippen LogP contribution >= 0.6 is 0 Å². The van der Waals surface area contributed by atoms with Crippen molar-refractivity contribution < 1.29 is 9.32 Å². The maximum Gasteiger partial charge on any atom is 0.274 e. The smallest absolute Gasteiger partial charge is 0.274 e. The number of nitrogens with zero attached hydrogens (tertiary/aromatic N) is 5. The third kappa shape index (κ3) is 2.61. The predicted octanol–water partition coefficient (Wildman–Crippen LogP) is 1.50. The molecule has 2 aromatic rings. The van der Waals surface area contributed by atoms with E-state index in [4.69, 9.17) is 4.52 Å². The molecule has 24 heavy (non-hydrogen) atoms. The summed E-state index contributed by atoms with van der Waals surface area (Å²) in [6.45, 7) is 2.88. The fourth-order valence-corrected chi connectivity index (χ4v) is 3.09. The zero-order valence-electron chi connectivity index (χ0n) is 13.5. The number of aryl methyl sites for hydroxylation is 1. The van der Waals surface area contributed by atoms with Crippen LogP contribution in [0.25, 0.3) is 0 Å². The standard InChI is InChI=1S/C16H19N5O3/c1-2-21-13(22)8-7-11(18-21)16(23)20-9-3-4-12(20)14-17-15(24-19-14)10-5-6-10/h7-8,10,12H,2-6,9H2,1H3/t12-/m0/s1. The van der Waals surface area contributed by atoms with Crippen LogP contribution in [0.3, 0.4) is 0 Å². The van der Waals surface area contributed by atoms with E-state index in [1.165, 1.54) is 16.8 Å². The van der Waals surface area contributed by atoms with E-state index in [0.29, 0.717) is 30.7 Å². The van der Waals surface area contributed by atoms with E-state index in [9.17, 15) is 9.59 Å². The Kier molecular flexibility index (Phi) is 3.66. The van der Waals surface area contributed by atoms with E-state index in [0.717, 1.165) is 25.7 Å². The highest BCUT2D eigenvalue weighted by molar-refractivity contribution is 5.92. The Balaban J connectivity index is 1.59. The van der Waals surface area contributed by atoms with Crippen LogP contribution in [0.15, 0.2) is 21.5 Å². The molecule has 0 radical (unpaired) electrons. The van der Waals surface area contributed by atoms with Gasteiger partial charge in [0, 0.05) is 25.1 Å². The van der Waals surface area contributed by atoms with E-state index in [2.05, 4.69) is 15.2 Å². The Morgan fingerprint density at radius 3 is 2.92 bits per heavy atom. The second-order valence-electron chi connectivity index (χ2n) is 6.29. The van der Waals surface area contributed by atoms with Crippen molar-refractivity contribution in [2.24, 2.45) is 0 Å². The van der Waals surface area contributed by atoms with E-state index >= 15 is 0 Å². The number of aromatic nitrogens is 4. The molecule has 0 unspecified atom stereocenters. The Morgan fingerprint density at radius 2 is 2.17 bits per heavy atom. The molecule has 1 atom stereocenters. The molecular formula is C16H19N5O3. The topological polar surface area (TPSA) is 94.1 Å². The SMILES string of the molecule is CCn1nc(C(=O)N2CCC[C@H]2c2noc(C3CC3)n2)ccc1=O. The summed E-state index contributed by atoms with van der Waals surface area (Å²) in [5.41, 5.74) is 0.0635. The number of amides is 1. The highest BCUT2D eigenvalue weighted by Gasteiger charge is 2.36. The first-order valence-electron chi connectivity index (χ1n) is 8.40. The average molecular weight is 329 g/mol. The minimum absolute atomic E-state index is 0.183. The Labute approximate surface area is 138 Å². The molecular weight excluding hydrogens is 310 g/mol. The van der Waals surface area contributed by atoms with Crippen LogP contribution in [0.5, 0.6) is 0 Å². The normalized spacial score (nSPS) is 20.5. The summed E-state index contributed by atoms with van der Waals surface area (Å²) in [6.07, 6.45) is 3.88. The van der Waals surface area contributed by atoms with E-state index in [-0.39, 0.29) is 23.2 Å². The number of hydrogen-bond acceptors (Lipinski definition) is 6. The maximum atomic E-state index is 12.8. The van der Waals surface area contributed by atoms with Crippen molar-refractivity contribution in [1.29, 1.82) is 0 Å². The zero-order valence-corrected chi connectivity index (χ0v) is 13.5. The maximum absolute atomic E-state index is 12.8. The monoisotopic (exact) mass is 329 g/mol. The van der Waals surface area contributed by atoms with Gasteiger partial charge in [0.25, 0.3) is 11.5 Å². The van der Waals surface area contributed by atoms with Gasteiger partial charge in [0.15, 0.2) is 5.82 Å². The Bertz CT molecular complexity index is 823. The molecule has 1 saturated heterocycles. The summed E-state index contributed by atoms with van der Waals surface area (Å²) >= 11 is 0. The molecule has 0 N–H and O–H groups in total. The third-order valence-corrected chi connectivity index (χ3v) is 4.58. The van der Waals surface area contributed by atoms with Crippen LogP contribution in [-0.4, -0.2) is 37.3 Å². The van der Waals surface area contributed by atoms with Crippen LogP contribution in [0.4, 0.5) is 0 Å². The minimum atomic E-state index is -0.209. The number of carbonyl (C=O) groups excluding carboxylic acids is 1. The Hall–Kier alpha value is -2.51. The van der Waals surface area contributed by atoms with Crippen molar-refractivity contribution in [3.63, 3.8) is 0 Å². The van der Waals surface area contributed by atoms with Crippen molar-refractivity contribution in [2.75, 3.05) is 6.54 Å². The van der Waals surface area contributed by atoms with Crippen LogP contribution in [-0.2, 0) is 6.54 Å². The van der Waals surface area contributed by atoms with Crippen LogP contribution in [0, 0.1) is 0 Å². The quantitative estimate of drug-likeness (QED) is 0.844. The number of rotatable bonds is 4. The summed E-state index contributed by atoms with van der Waals surface area (Å²) in [5.74, 6) is 1.46. The van der Waals surface area contributed by atoms with Crippen molar-refractivity contribution in [1.82, 2.24) is 24.8 Å². The highest BCUT2D eigenvalue weighted by atomic mass is 16.5. The average Bonchev–Trinajstić information content (AvgIpc) is 3.13. The van der Waals surface area contributed by atoms with Gasteiger partial charge in [-0.3, -0.25) is 9.59 Å². The molecule has 1 aliphatic carbocycles. The minimum Gasteiger partial charge on any atom is -0.339 e. The lowest BCUT2D eigenvalue weighted by Crippen LogP contribution is -2.33. The first-order valence-corrected chi connectivity index (χ1v) is 8.40. The number of carbonyl (C=O) groups is 1. The predicted molar refractivity (Wildman–Crippen MR) is 83.5 cm³/mol. The molecule has 4 rings (SSSR count). The van der Waals surface area contributed by atoms with Gasteiger partial charge >= 0.3 is 0 Å². The van der Waals surface area contributed by atoms with Crippen LogP contribution < -0.4 is 5.56 Å². The molecule has 8 nitrogen and oxygen atoms in total. The van der Waals surface area contributed by atoms with E-state index in [1.54, 1.807) is 4.90 Å². The van der Waals surface area contributed by atoms with Gasteiger partial charge < -0.3 is 9.42 Å². The molecule has 8 heteroatoms. The second-order valence-corrected chi connectivity index (χ2v) is 6.29. The molecule has 1 aliphatic heterocycles. The fraction of sp³-hybridized carbons (Fsp3) is 0.562. The van der Waals surface area contributed by atoms with Gasteiger partial charge in [-0.05, 0) is 38.7 Å². The summed E-state index contributed by atoms with van der Waals surface area (Å²) in [7, 11) is 0. The van der Waals surface area contributed by atoms with Gasteiger partial charge in [0.2, 0.25) is 5.89 Å². The highest BCUT2D eigenvalue weighted by Crippen LogP contribution is 2.40. The molecule has 2 fully saturated rings. The van der Waals surface area contributed by atoms with Gasteiger partial charge in [0.1, 0.15) is 5.69 Å². The molecule has 0 spiro atoms. The summed E-state index contributed by atoms with van der Waals surface area (Å²) in [5, 5.41) is 8.23.